The maximum Gasteiger partial charge on any atom is 0.230 e. The van der Waals surface area contributed by atoms with Crippen molar-refractivity contribution in [3.8, 4) is 11.5 Å². The van der Waals surface area contributed by atoms with Gasteiger partial charge < -0.3 is 14.8 Å². The van der Waals surface area contributed by atoms with Gasteiger partial charge in [0.05, 0.1) is 36.6 Å². The summed E-state index contributed by atoms with van der Waals surface area (Å²) >= 11 is 1.33. The highest BCUT2D eigenvalue weighted by molar-refractivity contribution is 7.88. The van der Waals surface area contributed by atoms with Crippen LogP contribution in [0.25, 0.3) is 10.2 Å². The Morgan fingerprint density at radius 3 is 2.65 bits per heavy atom. The molecule has 0 radical (unpaired) electrons. The van der Waals surface area contributed by atoms with Crippen LogP contribution in [0.3, 0.4) is 0 Å². The van der Waals surface area contributed by atoms with Gasteiger partial charge in [0.2, 0.25) is 15.9 Å². The van der Waals surface area contributed by atoms with Gasteiger partial charge in [0.25, 0.3) is 0 Å². The van der Waals surface area contributed by atoms with Crippen LogP contribution in [0.4, 0.5) is 5.13 Å². The Hall–Kier alpha value is -1.91. The molecule has 26 heavy (non-hydrogen) atoms. The molecule has 1 N–H and O–H groups in total. The number of fused-ring (bicyclic) bond motifs is 1. The molecule has 1 aliphatic rings. The molecule has 1 saturated heterocycles. The molecule has 8 nitrogen and oxygen atoms in total. The molecule has 0 bridgehead atoms. The maximum absolute atomic E-state index is 12.5. The predicted molar refractivity (Wildman–Crippen MR) is 100 cm³/mol. The third kappa shape index (κ3) is 3.92. The van der Waals surface area contributed by atoms with E-state index in [1.165, 1.54) is 21.9 Å². The van der Waals surface area contributed by atoms with Gasteiger partial charge in [0.15, 0.2) is 16.6 Å². The highest BCUT2D eigenvalue weighted by Gasteiger charge is 2.30. The lowest BCUT2D eigenvalue weighted by atomic mass is 9.99. The molecule has 1 fully saturated rings. The zero-order valence-electron chi connectivity index (χ0n) is 14.8. The molecule has 0 aliphatic carbocycles. The van der Waals surface area contributed by atoms with Gasteiger partial charge in [-0.1, -0.05) is 11.3 Å². The Labute approximate surface area is 156 Å². The van der Waals surface area contributed by atoms with E-state index < -0.39 is 10.0 Å². The number of piperidine rings is 1. The Morgan fingerprint density at radius 2 is 2.00 bits per heavy atom. The van der Waals surface area contributed by atoms with Gasteiger partial charge in [0, 0.05) is 25.2 Å². The molecule has 10 heteroatoms. The van der Waals surface area contributed by atoms with Gasteiger partial charge in [-0.3, -0.25) is 4.79 Å². The maximum atomic E-state index is 12.5. The van der Waals surface area contributed by atoms with Crippen molar-refractivity contribution >= 4 is 42.6 Å². The van der Waals surface area contributed by atoms with Crippen molar-refractivity contribution in [3.05, 3.63) is 12.1 Å². The monoisotopic (exact) mass is 399 g/mol. The van der Waals surface area contributed by atoms with Crippen molar-refractivity contribution in [3.63, 3.8) is 0 Å². The van der Waals surface area contributed by atoms with Crippen molar-refractivity contribution < 1.29 is 22.7 Å². The number of thiazole rings is 1. The van der Waals surface area contributed by atoms with Gasteiger partial charge >= 0.3 is 0 Å². The van der Waals surface area contributed by atoms with Crippen LogP contribution in [0.1, 0.15) is 12.8 Å². The number of hydrogen-bond donors (Lipinski definition) is 1. The summed E-state index contributed by atoms with van der Waals surface area (Å²) in [7, 11) is -0.178. The highest BCUT2D eigenvalue weighted by atomic mass is 32.2. The minimum atomic E-state index is -3.29. The number of amides is 1. The van der Waals surface area contributed by atoms with Gasteiger partial charge in [-0.2, -0.15) is 0 Å². The van der Waals surface area contributed by atoms with Crippen molar-refractivity contribution in [2.45, 2.75) is 12.8 Å². The quantitative estimate of drug-likeness (QED) is 0.825. The number of methoxy groups -OCH3 is 2. The van der Waals surface area contributed by atoms with Crippen LogP contribution in [-0.2, 0) is 14.8 Å². The average molecular weight is 399 g/mol. The highest BCUT2D eigenvalue weighted by Crippen LogP contribution is 2.36. The SMILES string of the molecule is COc1cc2nc(NC(=O)C3CCCN(S(C)(=O)=O)C3)sc2cc1OC. The molecular weight excluding hydrogens is 378 g/mol. The van der Waals surface area contributed by atoms with E-state index in [1.807, 2.05) is 6.07 Å². The van der Waals surface area contributed by atoms with E-state index in [4.69, 9.17) is 9.47 Å². The van der Waals surface area contributed by atoms with Crippen LogP contribution >= 0.6 is 11.3 Å². The topological polar surface area (TPSA) is 97.8 Å². The van der Waals surface area contributed by atoms with Gasteiger partial charge in [-0.25, -0.2) is 17.7 Å². The first-order valence-corrected chi connectivity index (χ1v) is 10.8. The minimum Gasteiger partial charge on any atom is -0.493 e. The first-order chi connectivity index (χ1) is 12.3. The number of rotatable bonds is 5. The molecule has 0 spiro atoms. The summed E-state index contributed by atoms with van der Waals surface area (Å²) in [5.74, 6) is 0.572. The number of nitrogens with one attached hydrogen (secondary N) is 1. The van der Waals surface area contributed by atoms with Crippen molar-refractivity contribution in [1.29, 1.82) is 0 Å². The Morgan fingerprint density at radius 1 is 1.31 bits per heavy atom. The van der Waals surface area contributed by atoms with Gasteiger partial charge in [0.1, 0.15) is 0 Å². The number of sulfonamides is 1. The Bertz CT molecular complexity index is 884. The standard InChI is InChI=1S/C16H21N3O5S2/c1-23-12-7-11-14(8-13(12)24-2)25-16(17-11)18-15(20)10-5-4-6-19(9-10)26(3,21)22/h7-8,10H,4-6,9H2,1-3H3,(H,17,18,20). The number of benzene rings is 1. The summed E-state index contributed by atoms with van der Waals surface area (Å²) in [5, 5.41) is 3.28. The number of hydrogen-bond acceptors (Lipinski definition) is 7. The zero-order valence-corrected chi connectivity index (χ0v) is 16.4. The Kier molecular flexibility index (Phi) is 5.35. The van der Waals surface area contributed by atoms with Crippen LogP contribution in [-0.4, -0.2) is 57.2 Å². The van der Waals surface area contributed by atoms with Crippen molar-refractivity contribution in [1.82, 2.24) is 9.29 Å². The second-order valence-electron chi connectivity index (χ2n) is 6.14. The lowest BCUT2D eigenvalue weighted by molar-refractivity contribution is -0.120. The van der Waals surface area contributed by atoms with Crippen molar-refractivity contribution in [2.24, 2.45) is 5.92 Å². The van der Waals surface area contributed by atoms with Crippen LogP contribution < -0.4 is 14.8 Å². The fraction of sp³-hybridized carbons (Fsp3) is 0.500. The number of nitrogens with zero attached hydrogens (tertiary/aromatic N) is 2. The summed E-state index contributed by atoms with van der Waals surface area (Å²) in [6, 6.07) is 3.57. The number of carbonyl (C=O) groups excluding carboxylic acids is 1. The molecule has 2 heterocycles. The lowest BCUT2D eigenvalue weighted by Crippen LogP contribution is -2.43. The molecular formula is C16H21N3O5S2. The normalized spacial score (nSPS) is 18.7. The van der Waals surface area contributed by atoms with E-state index >= 15 is 0 Å². The van der Waals surface area contributed by atoms with Crippen LogP contribution in [0.5, 0.6) is 11.5 Å². The van der Waals surface area contributed by atoms with E-state index in [0.717, 1.165) is 4.70 Å². The van der Waals surface area contributed by atoms with E-state index in [-0.39, 0.29) is 18.4 Å². The Balaban J connectivity index is 1.77. The average Bonchev–Trinajstić information content (AvgIpc) is 3.00. The van der Waals surface area contributed by atoms with Crippen LogP contribution in [0.15, 0.2) is 12.1 Å². The molecule has 142 valence electrons. The molecule has 3 rings (SSSR count). The van der Waals surface area contributed by atoms with Crippen molar-refractivity contribution in [2.75, 3.05) is 38.9 Å². The summed E-state index contributed by atoms with van der Waals surface area (Å²) in [6.07, 6.45) is 2.49. The lowest BCUT2D eigenvalue weighted by Gasteiger charge is -2.29. The molecule has 2 aromatic rings. The first-order valence-electron chi connectivity index (χ1n) is 8.10. The summed E-state index contributed by atoms with van der Waals surface area (Å²) in [5.41, 5.74) is 0.698. The summed E-state index contributed by atoms with van der Waals surface area (Å²) in [6.45, 7) is 0.667. The van der Waals surface area contributed by atoms with Crippen LogP contribution in [0, 0.1) is 5.92 Å². The zero-order chi connectivity index (χ0) is 18.9. The van der Waals surface area contributed by atoms with E-state index in [0.29, 0.717) is 41.5 Å². The fourth-order valence-electron chi connectivity index (χ4n) is 2.97. The fourth-order valence-corrected chi connectivity index (χ4v) is 4.76. The molecule has 1 unspecified atom stereocenters. The predicted octanol–water partition coefficient (Wildman–Crippen LogP) is 1.92. The van der Waals surface area contributed by atoms with E-state index in [1.54, 1.807) is 20.3 Å². The molecule has 1 amide bonds. The largest absolute Gasteiger partial charge is 0.493 e. The number of ether oxygens (including phenoxy) is 2. The summed E-state index contributed by atoms with van der Waals surface area (Å²) < 4.78 is 36.2. The number of aromatic nitrogens is 1. The minimum absolute atomic E-state index is 0.206. The molecule has 1 aromatic carbocycles. The third-order valence-electron chi connectivity index (χ3n) is 4.35. The summed E-state index contributed by atoms with van der Waals surface area (Å²) in [4.78, 5) is 17.0. The van der Waals surface area contributed by atoms with E-state index in [9.17, 15) is 13.2 Å². The third-order valence-corrected chi connectivity index (χ3v) is 6.55. The number of anilines is 1. The second-order valence-corrected chi connectivity index (χ2v) is 9.16. The molecule has 0 saturated carbocycles. The number of carbonyl (C=O) groups is 1. The van der Waals surface area contributed by atoms with E-state index in [2.05, 4.69) is 10.3 Å². The smallest absolute Gasteiger partial charge is 0.230 e. The molecule has 1 aromatic heterocycles. The van der Waals surface area contributed by atoms with Gasteiger partial charge in [-0.05, 0) is 12.8 Å². The van der Waals surface area contributed by atoms with Crippen LogP contribution in [0.2, 0.25) is 0 Å². The second kappa shape index (κ2) is 7.37. The molecule has 1 atom stereocenters. The first kappa shape index (κ1) is 18.9. The molecule has 1 aliphatic heterocycles. The van der Waals surface area contributed by atoms with Gasteiger partial charge in [-0.15, -0.1) is 0 Å².